The minimum atomic E-state index is -3.46. The zero-order chi connectivity index (χ0) is 22.8. The Labute approximate surface area is 180 Å². The summed E-state index contributed by atoms with van der Waals surface area (Å²) in [5.41, 5.74) is 1.47. The molecule has 1 aliphatic heterocycles. The van der Waals surface area contributed by atoms with Crippen molar-refractivity contribution in [3.8, 4) is 0 Å². The molecule has 1 N–H and O–H groups in total. The molecule has 0 aliphatic carbocycles. The Hall–Kier alpha value is -2.82. The van der Waals surface area contributed by atoms with Crippen LogP contribution in [-0.4, -0.2) is 63.3 Å². The molecule has 2 amide bonds. The van der Waals surface area contributed by atoms with Crippen LogP contribution in [0.3, 0.4) is 0 Å². The van der Waals surface area contributed by atoms with E-state index in [9.17, 15) is 22.4 Å². The number of anilines is 1. The van der Waals surface area contributed by atoms with Crippen molar-refractivity contribution in [1.82, 2.24) is 9.21 Å². The summed E-state index contributed by atoms with van der Waals surface area (Å²) in [4.78, 5) is 26.5. The summed E-state index contributed by atoms with van der Waals surface area (Å²) in [5, 5.41) is 2.73. The zero-order valence-electron chi connectivity index (χ0n) is 17.4. The van der Waals surface area contributed by atoms with Crippen molar-refractivity contribution in [2.24, 2.45) is 0 Å². The van der Waals surface area contributed by atoms with E-state index in [0.717, 1.165) is 4.31 Å². The number of benzene rings is 2. The second-order valence-electron chi connectivity index (χ2n) is 7.46. The quantitative estimate of drug-likeness (QED) is 0.725. The number of nitrogens with zero attached hydrogens (tertiary/aromatic N) is 2. The Balaban J connectivity index is 1.82. The summed E-state index contributed by atoms with van der Waals surface area (Å²) < 4.78 is 44.3. The van der Waals surface area contributed by atoms with Gasteiger partial charge in [0.05, 0.1) is 11.8 Å². The highest BCUT2D eigenvalue weighted by Crippen LogP contribution is 2.30. The molecule has 0 radical (unpaired) electrons. The fourth-order valence-corrected chi connectivity index (χ4v) is 4.14. The molecule has 0 saturated carbocycles. The van der Waals surface area contributed by atoms with Crippen LogP contribution in [0.1, 0.15) is 17.2 Å². The Bertz CT molecular complexity index is 1070. The molecule has 166 valence electrons. The van der Waals surface area contributed by atoms with Crippen LogP contribution in [0.2, 0.25) is 0 Å². The Morgan fingerprint density at radius 2 is 1.90 bits per heavy atom. The first-order chi connectivity index (χ1) is 14.6. The van der Waals surface area contributed by atoms with Gasteiger partial charge < -0.3 is 15.0 Å². The largest absolute Gasteiger partial charge is 0.356 e. The van der Waals surface area contributed by atoms with Gasteiger partial charge in [-0.3, -0.25) is 9.59 Å². The molecule has 2 unspecified atom stereocenters. The maximum absolute atomic E-state index is 13.3. The van der Waals surface area contributed by atoms with Crippen molar-refractivity contribution in [2.45, 2.75) is 17.9 Å². The van der Waals surface area contributed by atoms with E-state index in [2.05, 4.69) is 5.32 Å². The number of hydrogen-bond acceptors (Lipinski definition) is 5. The molecular formula is C21H24FN3O5S. The smallest absolute Gasteiger partial charge is 0.256 e. The number of ether oxygens (including phenoxy) is 1. The zero-order valence-corrected chi connectivity index (χ0v) is 18.2. The van der Waals surface area contributed by atoms with Crippen LogP contribution in [-0.2, 0) is 30.1 Å². The van der Waals surface area contributed by atoms with Gasteiger partial charge in [-0.15, -0.1) is 0 Å². The minimum absolute atomic E-state index is 0.209. The summed E-state index contributed by atoms with van der Waals surface area (Å²) in [6.07, 6.45) is -1.03. The van der Waals surface area contributed by atoms with Crippen LogP contribution in [0, 0.1) is 5.82 Å². The van der Waals surface area contributed by atoms with Crippen molar-refractivity contribution in [2.75, 3.05) is 33.1 Å². The van der Waals surface area contributed by atoms with E-state index in [1.54, 1.807) is 31.3 Å². The van der Waals surface area contributed by atoms with Crippen molar-refractivity contribution in [3.05, 3.63) is 65.5 Å². The lowest BCUT2D eigenvalue weighted by molar-refractivity contribution is -0.160. The number of carbonyl (C=O) groups is 2. The van der Waals surface area contributed by atoms with Gasteiger partial charge in [0.1, 0.15) is 12.4 Å². The first-order valence-corrected chi connectivity index (χ1v) is 11.1. The van der Waals surface area contributed by atoms with E-state index in [1.165, 1.54) is 43.3 Å². The van der Waals surface area contributed by atoms with Gasteiger partial charge in [-0.1, -0.05) is 24.3 Å². The van der Waals surface area contributed by atoms with E-state index in [1.807, 2.05) is 0 Å². The number of likely N-dealkylation sites (N-methyl/N-ethyl adjacent to an activating group) is 1. The molecule has 31 heavy (non-hydrogen) atoms. The van der Waals surface area contributed by atoms with Crippen molar-refractivity contribution in [1.29, 1.82) is 0 Å². The number of amides is 2. The average molecular weight is 450 g/mol. The molecule has 1 saturated heterocycles. The van der Waals surface area contributed by atoms with Gasteiger partial charge in [-0.2, -0.15) is 0 Å². The molecule has 0 aromatic heterocycles. The average Bonchev–Trinajstić information content (AvgIpc) is 2.70. The van der Waals surface area contributed by atoms with Gasteiger partial charge in [0.15, 0.2) is 6.10 Å². The van der Waals surface area contributed by atoms with E-state index < -0.39 is 33.9 Å². The minimum Gasteiger partial charge on any atom is -0.356 e. The van der Waals surface area contributed by atoms with Crippen molar-refractivity contribution >= 4 is 27.5 Å². The molecule has 1 fully saturated rings. The highest BCUT2D eigenvalue weighted by molar-refractivity contribution is 7.88. The maximum Gasteiger partial charge on any atom is 0.256 e. The summed E-state index contributed by atoms with van der Waals surface area (Å²) in [6.45, 7) is -0.257. The van der Waals surface area contributed by atoms with Crippen molar-refractivity contribution < 1.29 is 27.1 Å². The van der Waals surface area contributed by atoms with Gasteiger partial charge in [0.25, 0.3) is 5.91 Å². The molecular weight excluding hydrogens is 425 g/mol. The third-order valence-corrected chi connectivity index (χ3v) is 6.86. The van der Waals surface area contributed by atoms with E-state index in [0.29, 0.717) is 16.8 Å². The van der Waals surface area contributed by atoms with E-state index >= 15 is 0 Å². The standard InChI is InChI=1S/C21H24FN3O5S/c1-24(2)31(28,29)13-14-5-4-6-17(11-14)23-21(27)20-19(25(3)18(26)12-30-20)15-7-9-16(22)10-8-15/h4-11,19-20H,12-13H2,1-3H3,(H,23,27). The monoisotopic (exact) mass is 449 g/mol. The predicted octanol–water partition coefficient (Wildman–Crippen LogP) is 1.75. The highest BCUT2D eigenvalue weighted by atomic mass is 32.2. The lowest BCUT2D eigenvalue weighted by Crippen LogP contribution is -2.51. The predicted molar refractivity (Wildman–Crippen MR) is 113 cm³/mol. The van der Waals surface area contributed by atoms with E-state index in [-0.39, 0.29) is 18.3 Å². The molecule has 8 nitrogen and oxygen atoms in total. The molecule has 2 aromatic rings. The third kappa shape index (κ3) is 5.27. The second kappa shape index (κ2) is 9.13. The van der Waals surface area contributed by atoms with Crippen LogP contribution in [0.25, 0.3) is 0 Å². The summed E-state index contributed by atoms with van der Waals surface area (Å²) in [6, 6.07) is 11.3. The van der Waals surface area contributed by atoms with Crippen LogP contribution in [0.4, 0.5) is 10.1 Å². The van der Waals surface area contributed by atoms with Crippen LogP contribution < -0.4 is 5.32 Å². The number of hydrogen-bond donors (Lipinski definition) is 1. The van der Waals surface area contributed by atoms with Gasteiger partial charge in [-0.05, 0) is 35.4 Å². The number of nitrogens with one attached hydrogen (secondary N) is 1. The first-order valence-electron chi connectivity index (χ1n) is 9.51. The molecule has 10 heteroatoms. The Morgan fingerprint density at radius 1 is 1.23 bits per heavy atom. The fraction of sp³-hybridized carbons (Fsp3) is 0.333. The normalized spacial score (nSPS) is 19.5. The Kier molecular flexibility index (Phi) is 6.73. The molecule has 0 spiro atoms. The molecule has 1 aliphatic rings. The SMILES string of the molecule is CN1C(=O)COC(C(=O)Nc2cccc(CS(=O)(=O)N(C)C)c2)C1c1ccc(F)cc1. The first kappa shape index (κ1) is 22.9. The second-order valence-corrected chi connectivity index (χ2v) is 9.64. The van der Waals surface area contributed by atoms with Gasteiger partial charge >= 0.3 is 0 Å². The van der Waals surface area contributed by atoms with Crippen LogP contribution in [0.5, 0.6) is 0 Å². The molecule has 0 bridgehead atoms. The molecule has 1 heterocycles. The van der Waals surface area contributed by atoms with Crippen LogP contribution >= 0.6 is 0 Å². The van der Waals surface area contributed by atoms with Gasteiger partial charge in [0.2, 0.25) is 15.9 Å². The number of halogens is 1. The van der Waals surface area contributed by atoms with Gasteiger partial charge in [0, 0.05) is 26.8 Å². The number of morpholine rings is 1. The third-order valence-electron chi connectivity index (χ3n) is 5.05. The highest BCUT2D eigenvalue weighted by Gasteiger charge is 2.40. The number of rotatable bonds is 6. The molecule has 2 aromatic carbocycles. The van der Waals surface area contributed by atoms with Crippen LogP contribution in [0.15, 0.2) is 48.5 Å². The van der Waals surface area contributed by atoms with Crippen molar-refractivity contribution in [3.63, 3.8) is 0 Å². The molecule has 3 rings (SSSR count). The Morgan fingerprint density at radius 3 is 2.55 bits per heavy atom. The number of sulfonamides is 1. The van der Waals surface area contributed by atoms with Gasteiger partial charge in [-0.25, -0.2) is 17.1 Å². The maximum atomic E-state index is 13.3. The lowest BCUT2D eigenvalue weighted by atomic mass is 9.97. The lowest BCUT2D eigenvalue weighted by Gasteiger charge is -2.38. The summed E-state index contributed by atoms with van der Waals surface area (Å²) in [5.74, 6) is -1.44. The summed E-state index contributed by atoms with van der Waals surface area (Å²) in [7, 11) is 1.01. The molecule has 2 atom stereocenters. The summed E-state index contributed by atoms with van der Waals surface area (Å²) >= 11 is 0. The topological polar surface area (TPSA) is 96.0 Å². The fourth-order valence-electron chi connectivity index (χ4n) is 3.28. The van der Waals surface area contributed by atoms with E-state index in [4.69, 9.17) is 4.74 Å². The number of carbonyl (C=O) groups excluding carboxylic acids is 2.